The van der Waals surface area contributed by atoms with Crippen molar-refractivity contribution >= 4 is 39.0 Å². The van der Waals surface area contributed by atoms with Crippen LogP contribution in [0.25, 0.3) is 55.3 Å². The van der Waals surface area contributed by atoms with Crippen LogP contribution >= 0.6 is 0 Å². The second kappa shape index (κ2) is 11.7. The molecule has 55 heavy (non-hydrogen) atoms. The molecule has 11 rings (SSSR count). The lowest BCUT2D eigenvalue weighted by molar-refractivity contribution is 0.638. The first kappa shape index (κ1) is 31.8. The first-order valence-electron chi connectivity index (χ1n) is 19.3. The first-order chi connectivity index (χ1) is 26.9. The maximum absolute atomic E-state index is 7.07. The topological polar surface area (TPSA) is 16.4 Å². The Labute approximate surface area is 322 Å². The molecule has 2 aliphatic carbocycles. The van der Waals surface area contributed by atoms with Crippen LogP contribution in [0.5, 0.6) is 0 Å². The molecule has 1 heterocycles. The van der Waals surface area contributed by atoms with E-state index in [9.17, 15) is 0 Å². The number of nitrogens with zero attached hydrogens (tertiary/aromatic N) is 1. The highest BCUT2D eigenvalue weighted by atomic mass is 16.3. The average Bonchev–Trinajstić information content (AvgIpc) is 3.83. The fourth-order valence-corrected chi connectivity index (χ4v) is 9.83. The number of hydrogen-bond donors (Lipinski definition) is 0. The molecule has 0 amide bonds. The van der Waals surface area contributed by atoms with Crippen molar-refractivity contribution in [1.29, 1.82) is 0 Å². The van der Waals surface area contributed by atoms with E-state index in [2.05, 4.69) is 208 Å². The van der Waals surface area contributed by atoms with Gasteiger partial charge in [-0.3, -0.25) is 0 Å². The Morgan fingerprint density at radius 3 is 1.55 bits per heavy atom. The molecule has 0 radical (unpaired) electrons. The molecule has 2 heteroatoms. The molecule has 9 aromatic rings. The lowest BCUT2D eigenvalue weighted by Crippen LogP contribution is -2.22. The molecule has 2 nitrogen and oxygen atoms in total. The molecular formula is C53H39NO. The second-order valence-corrected chi connectivity index (χ2v) is 15.8. The van der Waals surface area contributed by atoms with Gasteiger partial charge in [0.15, 0.2) is 0 Å². The van der Waals surface area contributed by atoms with Crippen LogP contribution in [0.3, 0.4) is 0 Å². The van der Waals surface area contributed by atoms with Gasteiger partial charge in [-0.1, -0.05) is 159 Å². The third-order valence-corrected chi connectivity index (χ3v) is 12.6. The van der Waals surface area contributed by atoms with Crippen LogP contribution in [0.15, 0.2) is 186 Å². The molecule has 0 fully saturated rings. The maximum atomic E-state index is 7.07. The first-order valence-corrected chi connectivity index (χ1v) is 19.3. The summed E-state index contributed by atoms with van der Waals surface area (Å²) in [5, 5.41) is 2.28. The number of hydrogen-bond acceptors (Lipinski definition) is 2. The van der Waals surface area contributed by atoms with E-state index >= 15 is 0 Å². The van der Waals surface area contributed by atoms with Gasteiger partial charge in [0.1, 0.15) is 11.2 Å². The monoisotopic (exact) mass is 705 g/mol. The van der Waals surface area contributed by atoms with Gasteiger partial charge >= 0.3 is 0 Å². The molecule has 0 spiro atoms. The molecule has 0 bridgehead atoms. The Morgan fingerprint density at radius 2 is 0.855 bits per heavy atom. The molecule has 1 aromatic heterocycles. The van der Waals surface area contributed by atoms with E-state index in [1.165, 1.54) is 50.1 Å². The Bertz CT molecular complexity index is 2920. The van der Waals surface area contributed by atoms with Crippen LogP contribution in [0.2, 0.25) is 0 Å². The largest absolute Gasteiger partial charge is 0.455 e. The highest BCUT2D eigenvalue weighted by molar-refractivity contribution is 6.11. The third-order valence-electron chi connectivity index (χ3n) is 12.6. The minimum Gasteiger partial charge on any atom is -0.455 e. The summed E-state index contributed by atoms with van der Waals surface area (Å²) >= 11 is 0. The SMILES string of the molecule is CC1(C)c2ccccc2-c2ccc(N(c3ccccc3)c3ccc(-c4cccc5c4oc4c(C6(C)c7ccccc7-c7ccccc76)cccc45)cc3)cc21. The van der Waals surface area contributed by atoms with Gasteiger partial charge in [-0.25, -0.2) is 0 Å². The Balaban J connectivity index is 1.03. The zero-order valence-electron chi connectivity index (χ0n) is 31.2. The average molecular weight is 706 g/mol. The zero-order chi connectivity index (χ0) is 36.9. The quantitative estimate of drug-likeness (QED) is 0.177. The van der Waals surface area contributed by atoms with Gasteiger partial charge in [-0.2, -0.15) is 0 Å². The Hall–Kier alpha value is -6.64. The third kappa shape index (κ3) is 4.49. The summed E-state index contributed by atoms with van der Waals surface area (Å²) in [6, 6.07) is 66.4. The second-order valence-electron chi connectivity index (χ2n) is 15.8. The summed E-state index contributed by atoms with van der Waals surface area (Å²) in [7, 11) is 0. The molecule has 262 valence electrons. The highest BCUT2D eigenvalue weighted by Crippen LogP contribution is 2.55. The normalized spacial score (nSPS) is 14.4. The standard InChI is InChI=1S/C53H39NO/c1-52(2)45-23-10-7-17-39(45)42-32-31-37(33-49(42)52)54(35-15-5-4-6-16-35)36-29-27-34(28-30-36)38-20-13-21-43-44-22-14-26-48(51(44)55-50(38)43)53(3)46-24-11-8-18-40(46)41-19-9-12-25-47(41)53/h4-33H,1-3H3. The molecule has 0 saturated carbocycles. The summed E-state index contributed by atoms with van der Waals surface area (Å²) in [5.74, 6) is 0. The van der Waals surface area contributed by atoms with Gasteiger partial charge in [0, 0.05) is 49.8 Å². The van der Waals surface area contributed by atoms with Crippen molar-refractivity contribution in [2.75, 3.05) is 4.90 Å². The molecule has 0 atom stereocenters. The van der Waals surface area contributed by atoms with Crippen molar-refractivity contribution in [3.8, 4) is 33.4 Å². The summed E-state index contributed by atoms with van der Waals surface area (Å²) < 4.78 is 7.07. The van der Waals surface area contributed by atoms with Crippen molar-refractivity contribution in [3.05, 3.63) is 210 Å². The zero-order valence-corrected chi connectivity index (χ0v) is 31.2. The van der Waals surface area contributed by atoms with Crippen LogP contribution in [0, 0.1) is 0 Å². The van der Waals surface area contributed by atoms with E-state index in [1.807, 2.05) is 0 Å². The van der Waals surface area contributed by atoms with E-state index in [4.69, 9.17) is 4.42 Å². The number of anilines is 3. The Morgan fingerprint density at radius 1 is 0.364 bits per heavy atom. The smallest absolute Gasteiger partial charge is 0.143 e. The van der Waals surface area contributed by atoms with E-state index in [1.54, 1.807) is 0 Å². The van der Waals surface area contributed by atoms with E-state index in [-0.39, 0.29) is 10.8 Å². The molecule has 0 unspecified atom stereocenters. The van der Waals surface area contributed by atoms with Gasteiger partial charge in [0.25, 0.3) is 0 Å². The summed E-state index contributed by atoms with van der Waals surface area (Å²) in [5.41, 5.74) is 18.9. The van der Waals surface area contributed by atoms with Crippen molar-refractivity contribution in [1.82, 2.24) is 0 Å². The molecule has 2 aliphatic rings. The van der Waals surface area contributed by atoms with Crippen LogP contribution in [0.1, 0.15) is 48.6 Å². The number of para-hydroxylation sites is 3. The maximum Gasteiger partial charge on any atom is 0.143 e. The van der Waals surface area contributed by atoms with Crippen LogP contribution in [0.4, 0.5) is 17.1 Å². The van der Waals surface area contributed by atoms with Crippen LogP contribution in [-0.4, -0.2) is 0 Å². The number of rotatable bonds is 5. The highest BCUT2D eigenvalue weighted by Gasteiger charge is 2.42. The van der Waals surface area contributed by atoms with E-state index in [0.717, 1.165) is 50.1 Å². The van der Waals surface area contributed by atoms with Gasteiger partial charge in [0.05, 0.1) is 0 Å². The van der Waals surface area contributed by atoms with Crippen molar-refractivity contribution < 1.29 is 4.42 Å². The molecule has 0 N–H and O–H groups in total. The minimum atomic E-state index is -0.348. The number of furan rings is 1. The molecule has 8 aromatic carbocycles. The molecule has 0 aliphatic heterocycles. The fourth-order valence-electron chi connectivity index (χ4n) is 9.83. The van der Waals surface area contributed by atoms with Crippen molar-refractivity contribution in [2.24, 2.45) is 0 Å². The van der Waals surface area contributed by atoms with E-state index in [0.29, 0.717) is 0 Å². The molecule has 0 saturated heterocycles. The Kier molecular flexibility index (Phi) is 6.76. The molecular weight excluding hydrogens is 667 g/mol. The van der Waals surface area contributed by atoms with Gasteiger partial charge in [0.2, 0.25) is 0 Å². The van der Waals surface area contributed by atoms with E-state index < -0.39 is 0 Å². The van der Waals surface area contributed by atoms with Crippen molar-refractivity contribution in [2.45, 2.75) is 31.6 Å². The predicted octanol–water partition coefficient (Wildman–Crippen LogP) is 14.4. The summed E-state index contributed by atoms with van der Waals surface area (Å²) in [6.07, 6.45) is 0. The lowest BCUT2D eigenvalue weighted by Gasteiger charge is -2.28. The predicted molar refractivity (Wildman–Crippen MR) is 229 cm³/mol. The summed E-state index contributed by atoms with van der Waals surface area (Å²) in [4.78, 5) is 2.37. The van der Waals surface area contributed by atoms with Gasteiger partial charge in [-0.15, -0.1) is 0 Å². The van der Waals surface area contributed by atoms with Crippen LogP contribution < -0.4 is 4.90 Å². The number of benzene rings is 8. The van der Waals surface area contributed by atoms with Gasteiger partial charge in [-0.05, 0) is 93.4 Å². The number of fused-ring (bicyclic) bond motifs is 9. The minimum absolute atomic E-state index is 0.0821. The van der Waals surface area contributed by atoms with Crippen molar-refractivity contribution in [3.63, 3.8) is 0 Å². The lowest BCUT2D eigenvalue weighted by atomic mass is 9.74. The van der Waals surface area contributed by atoms with Crippen LogP contribution in [-0.2, 0) is 10.8 Å². The fraction of sp³-hybridized carbons (Fsp3) is 0.0943. The summed E-state index contributed by atoms with van der Waals surface area (Å²) in [6.45, 7) is 7.05. The van der Waals surface area contributed by atoms with Gasteiger partial charge < -0.3 is 9.32 Å².